The molecule has 0 aliphatic carbocycles. The molecule has 17 heavy (non-hydrogen) atoms. The van der Waals surface area contributed by atoms with Gasteiger partial charge in [-0.25, -0.2) is 0 Å². The summed E-state index contributed by atoms with van der Waals surface area (Å²) in [7, 11) is 0. The second-order valence-corrected chi connectivity index (χ2v) is 4.85. The molecule has 96 valence electrons. The van der Waals surface area contributed by atoms with Crippen LogP contribution in [-0.4, -0.2) is 0 Å². The number of hydrogen-bond acceptors (Lipinski definition) is 1. The molecule has 1 nitrogen and oxygen atoms in total. The first-order chi connectivity index (χ1) is 8.22. The molecule has 0 saturated heterocycles. The van der Waals surface area contributed by atoms with Gasteiger partial charge in [-0.2, -0.15) is 0 Å². The molecule has 0 atom stereocenters. The third-order valence-corrected chi connectivity index (χ3v) is 3.49. The first kappa shape index (κ1) is 14.1. The van der Waals surface area contributed by atoms with Crippen LogP contribution in [-0.2, 0) is 19.3 Å². The zero-order chi connectivity index (χ0) is 12.7. The quantitative estimate of drug-likeness (QED) is 0.544. The zero-order valence-corrected chi connectivity index (χ0v) is 11.7. The van der Waals surface area contributed by atoms with Crippen molar-refractivity contribution in [2.75, 3.05) is 5.73 Å². The lowest BCUT2D eigenvalue weighted by atomic mass is 9.96. The zero-order valence-electron chi connectivity index (χ0n) is 11.7. The molecule has 1 heteroatoms. The van der Waals surface area contributed by atoms with E-state index in [-0.39, 0.29) is 0 Å². The third-order valence-electron chi connectivity index (χ3n) is 3.49. The Labute approximate surface area is 106 Å². The number of hydrogen-bond donors (Lipinski definition) is 1. The SMILES string of the molecule is CCCCCCc1cc(CC)c(N)c(CC)c1. The van der Waals surface area contributed by atoms with Crippen LogP contribution in [0.5, 0.6) is 0 Å². The van der Waals surface area contributed by atoms with Gasteiger partial charge in [0.05, 0.1) is 0 Å². The Hall–Kier alpha value is -0.980. The number of unbranched alkanes of at least 4 members (excludes halogenated alkanes) is 3. The average molecular weight is 233 g/mol. The third kappa shape index (κ3) is 4.07. The summed E-state index contributed by atoms with van der Waals surface area (Å²) in [5, 5.41) is 0. The fourth-order valence-electron chi connectivity index (χ4n) is 2.34. The van der Waals surface area contributed by atoms with Crippen LogP contribution in [0.2, 0.25) is 0 Å². The molecule has 0 saturated carbocycles. The van der Waals surface area contributed by atoms with E-state index in [1.54, 1.807) is 0 Å². The van der Waals surface area contributed by atoms with Gasteiger partial charge < -0.3 is 5.73 Å². The minimum Gasteiger partial charge on any atom is -0.398 e. The molecule has 1 rings (SSSR count). The number of anilines is 1. The van der Waals surface area contributed by atoms with Gasteiger partial charge >= 0.3 is 0 Å². The van der Waals surface area contributed by atoms with Crippen molar-refractivity contribution in [2.45, 2.75) is 65.7 Å². The molecule has 0 aliphatic heterocycles. The average Bonchev–Trinajstić information content (AvgIpc) is 2.36. The van der Waals surface area contributed by atoms with E-state index in [2.05, 4.69) is 32.9 Å². The van der Waals surface area contributed by atoms with Crippen molar-refractivity contribution in [1.29, 1.82) is 0 Å². The Bertz CT molecular complexity index is 316. The second-order valence-electron chi connectivity index (χ2n) is 4.85. The van der Waals surface area contributed by atoms with E-state index in [4.69, 9.17) is 5.73 Å². The van der Waals surface area contributed by atoms with E-state index in [1.165, 1.54) is 48.8 Å². The minimum atomic E-state index is 1.02. The Kier molecular flexibility index (Phi) is 6.10. The van der Waals surface area contributed by atoms with Crippen LogP contribution in [0, 0.1) is 0 Å². The number of benzene rings is 1. The van der Waals surface area contributed by atoms with Gasteiger partial charge in [0.15, 0.2) is 0 Å². The van der Waals surface area contributed by atoms with Gasteiger partial charge in [-0.1, -0.05) is 52.2 Å². The van der Waals surface area contributed by atoms with Gasteiger partial charge in [0.2, 0.25) is 0 Å². The van der Waals surface area contributed by atoms with Gasteiger partial charge in [0.25, 0.3) is 0 Å². The molecule has 0 bridgehead atoms. The minimum absolute atomic E-state index is 1.02. The number of nitrogen functional groups attached to an aromatic ring is 1. The predicted molar refractivity (Wildman–Crippen MR) is 77.5 cm³/mol. The van der Waals surface area contributed by atoms with E-state index in [0.29, 0.717) is 0 Å². The van der Waals surface area contributed by atoms with Crippen molar-refractivity contribution < 1.29 is 0 Å². The Morgan fingerprint density at radius 1 is 0.882 bits per heavy atom. The molecule has 0 aromatic heterocycles. The van der Waals surface area contributed by atoms with Crippen LogP contribution in [0.25, 0.3) is 0 Å². The van der Waals surface area contributed by atoms with E-state index in [1.807, 2.05) is 0 Å². The molecule has 1 aromatic carbocycles. The van der Waals surface area contributed by atoms with Crippen molar-refractivity contribution in [3.63, 3.8) is 0 Å². The van der Waals surface area contributed by atoms with E-state index >= 15 is 0 Å². The molecule has 2 N–H and O–H groups in total. The van der Waals surface area contributed by atoms with Gasteiger partial charge in [-0.15, -0.1) is 0 Å². The molecule has 0 spiro atoms. The summed E-state index contributed by atoms with van der Waals surface area (Å²) in [5.74, 6) is 0. The summed E-state index contributed by atoms with van der Waals surface area (Å²) in [6.45, 7) is 6.63. The number of rotatable bonds is 7. The van der Waals surface area contributed by atoms with Crippen molar-refractivity contribution in [2.24, 2.45) is 0 Å². The van der Waals surface area contributed by atoms with Crippen molar-refractivity contribution in [3.8, 4) is 0 Å². The van der Waals surface area contributed by atoms with Gasteiger partial charge in [0.1, 0.15) is 0 Å². The van der Waals surface area contributed by atoms with Crippen molar-refractivity contribution in [1.82, 2.24) is 0 Å². The van der Waals surface area contributed by atoms with E-state index in [0.717, 1.165) is 18.5 Å². The Morgan fingerprint density at radius 3 is 1.94 bits per heavy atom. The maximum Gasteiger partial charge on any atom is 0.0379 e. The highest BCUT2D eigenvalue weighted by molar-refractivity contribution is 5.55. The first-order valence-corrected chi connectivity index (χ1v) is 7.13. The lowest BCUT2D eigenvalue weighted by Crippen LogP contribution is -2.01. The molecule has 0 unspecified atom stereocenters. The standard InChI is InChI=1S/C16H27N/c1-4-7-8-9-10-13-11-14(5-2)16(17)15(6-3)12-13/h11-12H,4-10,17H2,1-3H3. The first-order valence-electron chi connectivity index (χ1n) is 7.13. The van der Waals surface area contributed by atoms with Crippen LogP contribution < -0.4 is 5.73 Å². The topological polar surface area (TPSA) is 26.0 Å². The van der Waals surface area contributed by atoms with Crippen LogP contribution in [0.1, 0.15) is 63.1 Å². The maximum atomic E-state index is 6.15. The highest BCUT2D eigenvalue weighted by Gasteiger charge is 2.05. The molecule has 0 fully saturated rings. The molecule has 0 heterocycles. The molecular formula is C16H27N. The van der Waals surface area contributed by atoms with Gasteiger partial charge in [-0.05, 0) is 42.4 Å². The number of nitrogens with two attached hydrogens (primary N) is 1. The van der Waals surface area contributed by atoms with Crippen molar-refractivity contribution >= 4 is 5.69 Å². The molecule has 1 aromatic rings. The summed E-state index contributed by atoms with van der Waals surface area (Å²) in [6.07, 6.45) is 8.62. The largest absolute Gasteiger partial charge is 0.398 e. The highest BCUT2D eigenvalue weighted by atomic mass is 14.6. The van der Waals surface area contributed by atoms with Gasteiger partial charge in [-0.3, -0.25) is 0 Å². The molecule has 0 aliphatic rings. The van der Waals surface area contributed by atoms with Gasteiger partial charge in [0, 0.05) is 5.69 Å². The van der Waals surface area contributed by atoms with E-state index < -0.39 is 0 Å². The Balaban J connectivity index is 2.71. The summed E-state index contributed by atoms with van der Waals surface area (Å²) >= 11 is 0. The van der Waals surface area contributed by atoms with Crippen LogP contribution in [0.4, 0.5) is 5.69 Å². The predicted octanol–water partition coefficient (Wildman–Crippen LogP) is 4.52. The maximum absolute atomic E-state index is 6.15. The second kappa shape index (κ2) is 7.37. The summed E-state index contributed by atoms with van der Waals surface area (Å²) in [4.78, 5) is 0. The smallest absolute Gasteiger partial charge is 0.0379 e. The summed E-state index contributed by atoms with van der Waals surface area (Å²) in [6, 6.07) is 4.61. The molecule has 0 amide bonds. The monoisotopic (exact) mass is 233 g/mol. The summed E-state index contributed by atoms with van der Waals surface area (Å²) in [5.41, 5.74) is 11.3. The highest BCUT2D eigenvalue weighted by Crippen LogP contribution is 2.22. The number of aryl methyl sites for hydroxylation is 3. The molecule has 0 radical (unpaired) electrons. The molecular weight excluding hydrogens is 206 g/mol. The fraction of sp³-hybridized carbons (Fsp3) is 0.625. The fourth-order valence-corrected chi connectivity index (χ4v) is 2.34. The summed E-state index contributed by atoms with van der Waals surface area (Å²) < 4.78 is 0. The lowest BCUT2D eigenvalue weighted by Gasteiger charge is -2.12. The lowest BCUT2D eigenvalue weighted by molar-refractivity contribution is 0.666. The van der Waals surface area contributed by atoms with Crippen LogP contribution in [0.3, 0.4) is 0 Å². The van der Waals surface area contributed by atoms with Crippen LogP contribution >= 0.6 is 0 Å². The van der Waals surface area contributed by atoms with Crippen molar-refractivity contribution in [3.05, 3.63) is 28.8 Å². The van der Waals surface area contributed by atoms with Crippen LogP contribution in [0.15, 0.2) is 12.1 Å². The normalized spacial score (nSPS) is 10.8. The van der Waals surface area contributed by atoms with E-state index in [9.17, 15) is 0 Å². The Morgan fingerprint density at radius 2 is 1.47 bits per heavy atom.